The lowest BCUT2D eigenvalue weighted by Crippen LogP contribution is -2.46. The van der Waals surface area contributed by atoms with Crippen molar-refractivity contribution in [2.45, 2.75) is 39.7 Å². The first-order chi connectivity index (χ1) is 9.26. The van der Waals surface area contributed by atoms with Gasteiger partial charge in [0.1, 0.15) is 0 Å². The van der Waals surface area contributed by atoms with E-state index in [2.05, 4.69) is 11.1 Å². The third-order valence-corrected chi connectivity index (χ3v) is 5.92. The van der Waals surface area contributed by atoms with Crippen LogP contribution in [0.25, 0.3) is 0 Å². The fourth-order valence-electron chi connectivity index (χ4n) is 2.06. The summed E-state index contributed by atoms with van der Waals surface area (Å²) in [4.78, 5) is 4.13. The van der Waals surface area contributed by atoms with Crippen molar-refractivity contribution in [3.8, 4) is 0 Å². The molecule has 0 aliphatic rings. The Morgan fingerprint density at radius 3 is 2.16 bits per heavy atom. The van der Waals surface area contributed by atoms with Crippen molar-refractivity contribution in [1.82, 2.24) is 4.98 Å². The molecule has 19 heavy (non-hydrogen) atoms. The number of pyridine rings is 1. The zero-order valence-corrected chi connectivity index (χ0v) is 13.2. The largest absolute Gasteiger partial charge is 0.500 e. The molecule has 0 aliphatic carbocycles. The molecule has 0 saturated carbocycles. The molecule has 5 heteroatoms. The minimum atomic E-state index is -2.47. The first-order valence-corrected chi connectivity index (χ1v) is 9.00. The molecule has 0 aromatic carbocycles. The van der Waals surface area contributed by atoms with E-state index in [0.29, 0.717) is 19.8 Å². The molecule has 0 saturated heterocycles. The summed E-state index contributed by atoms with van der Waals surface area (Å²) in [5.41, 5.74) is 1.25. The first-order valence-electron chi connectivity index (χ1n) is 7.07. The highest BCUT2D eigenvalue weighted by molar-refractivity contribution is 6.60. The summed E-state index contributed by atoms with van der Waals surface area (Å²) in [7, 11) is -2.47. The molecule has 4 nitrogen and oxygen atoms in total. The number of aromatic nitrogens is 1. The summed E-state index contributed by atoms with van der Waals surface area (Å²) in [6.07, 6.45) is 5.68. The van der Waals surface area contributed by atoms with Crippen LogP contribution < -0.4 is 0 Å². The second-order valence-electron chi connectivity index (χ2n) is 4.20. The van der Waals surface area contributed by atoms with E-state index in [4.69, 9.17) is 13.3 Å². The van der Waals surface area contributed by atoms with Gasteiger partial charge in [-0.3, -0.25) is 4.98 Å². The van der Waals surface area contributed by atoms with Crippen LogP contribution in [-0.2, 0) is 19.7 Å². The first kappa shape index (κ1) is 16.3. The fourth-order valence-corrected chi connectivity index (χ4v) is 4.67. The summed E-state index contributed by atoms with van der Waals surface area (Å²) < 4.78 is 17.5. The van der Waals surface area contributed by atoms with Crippen LogP contribution in [0.3, 0.4) is 0 Å². The molecule has 0 bridgehead atoms. The molecule has 0 amide bonds. The molecule has 0 atom stereocenters. The lowest BCUT2D eigenvalue weighted by Gasteiger charge is -2.28. The van der Waals surface area contributed by atoms with E-state index in [1.54, 1.807) is 6.20 Å². The highest BCUT2D eigenvalue weighted by Gasteiger charge is 2.39. The van der Waals surface area contributed by atoms with E-state index in [9.17, 15) is 0 Å². The summed E-state index contributed by atoms with van der Waals surface area (Å²) in [6.45, 7) is 7.88. The summed E-state index contributed by atoms with van der Waals surface area (Å²) >= 11 is 0. The minimum Gasteiger partial charge on any atom is -0.374 e. The molecule has 0 aliphatic heterocycles. The van der Waals surface area contributed by atoms with Crippen LogP contribution in [0.1, 0.15) is 32.8 Å². The molecule has 1 heterocycles. The molecule has 0 N–H and O–H groups in total. The van der Waals surface area contributed by atoms with Gasteiger partial charge in [0.05, 0.1) is 0 Å². The topological polar surface area (TPSA) is 40.6 Å². The molecule has 0 fully saturated rings. The van der Waals surface area contributed by atoms with Crippen molar-refractivity contribution in [3.63, 3.8) is 0 Å². The predicted octanol–water partition coefficient (Wildman–Crippen LogP) is 3.06. The molecular weight excluding hydrogens is 258 g/mol. The van der Waals surface area contributed by atoms with E-state index in [1.807, 2.05) is 33.0 Å². The minimum absolute atomic E-state index is 0.638. The summed E-state index contributed by atoms with van der Waals surface area (Å²) in [5, 5.41) is 0. The number of nitrogens with zero attached hydrogens (tertiary/aromatic N) is 1. The monoisotopic (exact) mass is 283 g/mol. The van der Waals surface area contributed by atoms with Gasteiger partial charge < -0.3 is 13.3 Å². The third kappa shape index (κ3) is 5.82. The van der Waals surface area contributed by atoms with Crippen molar-refractivity contribution < 1.29 is 13.3 Å². The smallest absolute Gasteiger partial charge is 0.374 e. The van der Waals surface area contributed by atoms with Gasteiger partial charge in [0.2, 0.25) is 0 Å². The lowest BCUT2D eigenvalue weighted by molar-refractivity contribution is 0.0708. The maximum atomic E-state index is 5.83. The van der Waals surface area contributed by atoms with Crippen LogP contribution in [0.5, 0.6) is 0 Å². The van der Waals surface area contributed by atoms with Gasteiger partial charge in [-0.05, 0) is 45.2 Å². The normalized spacial score (nSPS) is 11.7. The SMILES string of the molecule is CCO[Si](CCCc1cccnc1)(OCC)OCC. The van der Waals surface area contributed by atoms with E-state index in [0.717, 1.165) is 18.9 Å². The van der Waals surface area contributed by atoms with Crippen LogP contribution in [0, 0.1) is 0 Å². The molecule has 0 radical (unpaired) electrons. The Bertz CT molecular complexity index is 318. The Morgan fingerprint density at radius 2 is 1.68 bits per heavy atom. The van der Waals surface area contributed by atoms with Crippen molar-refractivity contribution in [1.29, 1.82) is 0 Å². The van der Waals surface area contributed by atoms with Crippen molar-refractivity contribution in [2.75, 3.05) is 19.8 Å². The van der Waals surface area contributed by atoms with Gasteiger partial charge in [0.25, 0.3) is 0 Å². The molecule has 0 unspecified atom stereocenters. The van der Waals surface area contributed by atoms with Gasteiger partial charge in [-0.2, -0.15) is 0 Å². The second-order valence-corrected chi connectivity index (χ2v) is 6.93. The van der Waals surface area contributed by atoms with Crippen molar-refractivity contribution in [3.05, 3.63) is 30.1 Å². The molecule has 1 aromatic heterocycles. The Hall–Kier alpha value is -0.753. The van der Waals surface area contributed by atoms with Crippen LogP contribution in [0.4, 0.5) is 0 Å². The molecule has 0 spiro atoms. The second kappa shape index (κ2) is 9.20. The average molecular weight is 283 g/mol. The highest BCUT2D eigenvalue weighted by atomic mass is 28.4. The molecule has 108 valence electrons. The highest BCUT2D eigenvalue weighted by Crippen LogP contribution is 2.19. The molecule has 1 aromatic rings. The van der Waals surface area contributed by atoms with Crippen LogP contribution >= 0.6 is 0 Å². The van der Waals surface area contributed by atoms with Gasteiger partial charge in [0.15, 0.2) is 0 Å². The van der Waals surface area contributed by atoms with Crippen molar-refractivity contribution in [2.24, 2.45) is 0 Å². The molecule has 1 rings (SSSR count). The third-order valence-electron chi connectivity index (χ3n) is 2.76. The van der Waals surface area contributed by atoms with E-state index < -0.39 is 8.80 Å². The number of aryl methyl sites for hydroxylation is 1. The number of hydrogen-bond donors (Lipinski definition) is 0. The van der Waals surface area contributed by atoms with Gasteiger partial charge in [0, 0.05) is 38.3 Å². The van der Waals surface area contributed by atoms with Gasteiger partial charge in [-0.15, -0.1) is 0 Å². The predicted molar refractivity (Wildman–Crippen MR) is 78.0 cm³/mol. The van der Waals surface area contributed by atoms with E-state index >= 15 is 0 Å². The Balaban J connectivity index is 2.51. The zero-order valence-electron chi connectivity index (χ0n) is 12.2. The quantitative estimate of drug-likeness (QED) is 0.619. The maximum Gasteiger partial charge on any atom is 0.500 e. The van der Waals surface area contributed by atoms with E-state index in [-0.39, 0.29) is 0 Å². The Labute approximate surface area is 117 Å². The van der Waals surface area contributed by atoms with E-state index in [1.165, 1.54) is 5.56 Å². The lowest BCUT2D eigenvalue weighted by atomic mass is 10.2. The fraction of sp³-hybridized carbons (Fsp3) is 0.643. The number of rotatable bonds is 10. The summed E-state index contributed by atoms with van der Waals surface area (Å²) in [5.74, 6) is 0. The van der Waals surface area contributed by atoms with Crippen LogP contribution in [0.15, 0.2) is 24.5 Å². The summed E-state index contributed by atoms with van der Waals surface area (Å²) in [6, 6.07) is 4.92. The van der Waals surface area contributed by atoms with Crippen LogP contribution in [-0.4, -0.2) is 33.6 Å². The Kier molecular flexibility index (Phi) is 7.89. The standard InChI is InChI=1S/C14H25NO3Si/c1-4-16-19(17-5-2,18-6-3)12-8-10-14-9-7-11-15-13-14/h7,9,11,13H,4-6,8,10,12H2,1-3H3. The van der Waals surface area contributed by atoms with Gasteiger partial charge >= 0.3 is 8.80 Å². The average Bonchev–Trinajstić information content (AvgIpc) is 2.41. The maximum absolute atomic E-state index is 5.83. The van der Waals surface area contributed by atoms with Crippen molar-refractivity contribution >= 4 is 8.80 Å². The van der Waals surface area contributed by atoms with Gasteiger partial charge in [-0.1, -0.05) is 6.07 Å². The van der Waals surface area contributed by atoms with Crippen LogP contribution in [0.2, 0.25) is 6.04 Å². The molecular formula is C14H25NO3Si. The Morgan fingerprint density at radius 1 is 1.05 bits per heavy atom. The zero-order chi connectivity index (χ0) is 14.0. The van der Waals surface area contributed by atoms with Gasteiger partial charge in [-0.25, -0.2) is 0 Å². The number of hydrogen-bond acceptors (Lipinski definition) is 4.